The fourth-order valence-corrected chi connectivity index (χ4v) is 8.66. The number of fused-ring (bicyclic) bond motifs is 5. The minimum Gasteiger partial charge on any atom is -0.458 e. The number of Topliss-reactive ketones (excluding diaryl/α,β-unsaturated/α-hetero) is 2. The molecule has 0 N–H and O–H groups in total. The van der Waals surface area contributed by atoms with E-state index in [0.717, 1.165) is 5.57 Å². The zero-order valence-corrected chi connectivity index (χ0v) is 21.8. The van der Waals surface area contributed by atoms with Crippen molar-refractivity contribution in [1.82, 2.24) is 0 Å². The average molecular weight is 535 g/mol. The molecule has 7 nitrogen and oxygen atoms in total. The summed E-state index contributed by atoms with van der Waals surface area (Å²) in [7, 11) is 0. The molecule has 0 radical (unpaired) electrons. The summed E-state index contributed by atoms with van der Waals surface area (Å²) in [6.45, 7) is 7.73. The van der Waals surface area contributed by atoms with E-state index in [1.54, 1.807) is 12.2 Å². The molecule has 0 heterocycles. The second-order valence-electron chi connectivity index (χ2n) is 10.8. The molecule has 3 saturated carbocycles. The first-order valence-electron chi connectivity index (χ1n) is 11.7. The number of allylic oxidation sites excluding steroid dienone is 4. The lowest BCUT2D eigenvalue weighted by atomic mass is 9.46. The van der Waals surface area contributed by atoms with Gasteiger partial charge in [-0.1, -0.05) is 48.4 Å². The molecule has 0 unspecified atom stereocenters. The number of alkyl halides is 1. The summed E-state index contributed by atoms with van der Waals surface area (Å²) in [5, 5.41) is 0. The number of hydrogen-bond acceptors (Lipinski definition) is 7. The fourth-order valence-electron chi connectivity index (χ4n) is 7.64. The minimum absolute atomic E-state index is 0.00814. The van der Waals surface area contributed by atoms with Crippen molar-refractivity contribution in [1.29, 1.82) is 0 Å². The Bertz CT molecular complexity index is 1040. The second kappa shape index (κ2) is 8.25. The quantitative estimate of drug-likeness (QED) is 0.401. The Morgan fingerprint density at radius 3 is 2.44 bits per heavy atom. The van der Waals surface area contributed by atoms with E-state index in [4.69, 9.17) is 9.47 Å². The number of carbonyl (C=O) groups is 5. The molecular formula is C26H31BrO7. The van der Waals surface area contributed by atoms with Gasteiger partial charge in [0.2, 0.25) is 5.78 Å². The Labute approximate surface area is 207 Å². The van der Waals surface area contributed by atoms with E-state index in [1.165, 1.54) is 13.8 Å². The lowest BCUT2D eigenvalue weighted by Crippen LogP contribution is -2.64. The van der Waals surface area contributed by atoms with Crippen molar-refractivity contribution in [3.05, 3.63) is 23.8 Å². The molecule has 0 spiro atoms. The van der Waals surface area contributed by atoms with Crippen LogP contribution in [0, 0.1) is 34.5 Å². The van der Waals surface area contributed by atoms with Crippen LogP contribution in [0.2, 0.25) is 0 Å². The molecule has 4 rings (SSSR count). The van der Waals surface area contributed by atoms with Gasteiger partial charge in [0.15, 0.2) is 18.0 Å². The topological polar surface area (TPSA) is 104 Å². The number of halogens is 1. The maximum atomic E-state index is 13.9. The molecule has 184 valence electrons. The molecule has 0 bridgehead atoms. The highest BCUT2D eigenvalue weighted by atomic mass is 79.9. The van der Waals surface area contributed by atoms with Crippen molar-refractivity contribution in [3.63, 3.8) is 0 Å². The lowest BCUT2D eigenvalue weighted by Gasteiger charge is -2.58. The Balaban J connectivity index is 1.82. The summed E-state index contributed by atoms with van der Waals surface area (Å²) in [4.78, 5) is 63.3. The largest absolute Gasteiger partial charge is 0.458 e. The zero-order valence-electron chi connectivity index (χ0n) is 20.2. The third-order valence-corrected chi connectivity index (χ3v) is 9.85. The Morgan fingerprint density at radius 2 is 1.82 bits per heavy atom. The van der Waals surface area contributed by atoms with Gasteiger partial charge in [-0.3, -0.25) is 24.0 Å². The monoisotopic (exact) mass is 534 g/mol. The summed E-state index contributed by atoms with van der Waals surface area (Å²) in [6.07, 6.45) is 6.32. The summed E-state index contributed by atoms with van der Waals surface area (Å²) >= 11 is 3.83. The van der Waals surface area contributed by atoms with Crippen molar-refractivity contribution < 1.29 is 33.4 Å². The van der Waals surface area contributed by atoms with Crippen molar-refractivity contribution in [2.24, 2.45) is 34.5 Å². The van der Waals surface area contributed by atoms with Gasteiger partial charge < -0.3 is 9.47 Å². The highest BCUT2D eigenvalue weighted by molar-refractivity contribution is 9.09. The molecule has 4 aliphatic rings. The Kier molecular flexibility index (Phi) is 6.07. The van der Waals surface area contributed by atoms with Gasteiger partial charge in [-0.15, -0.1) is 0 Å². The van der Waals surface area contributed by atoms with Gasteiger partial charge in [-0.2, -0.15) is 0 Å². The Hall–Kier alpha value is -2.09. The van der Waals surface area contributed by atoms with Gasteiger partial charge in [0.05, 0.1) is 0 Å². The molecule has 3 fully saturated rings. The molecule has 0 aromatic carbocycles. The van der Waals surface area contributed by atoms with E-state index in [0.29, 0.717) is 12.8 Å². The van der Waals surface area contributed by atoms with E-state index in [-0.39, 0.29) is 46.5 Å². The van der Waals surface area contributed by atoms with Gasteiger partial charge in [0, 0.05) is 47.8 Å². The predicted molar refractivity (Wildman–Crippen MR) is 126 cm³/mol. The number of esters is 2. The van der Waals surface area contributed by atoms with Crippen LogP contribution >= 0.6 is 15.9 Å². The molecule has 4 aliphatic carbocycles. The van der Waals surface area contributed by atoms with Crippen LogP contribution in [0.1, 0.15) is 53.9 Å². The van der Waals surface area contributed by atoms with E-state index in [2.05, 4.69) is 15.9 Å². The van der Waals surface area contributed by atoms with Crippen LogP contribution in [0.15, 0.2) is 23.8 Å². The molecule has 8 atom stereocenters. The second-order valence-corrected chi connectivity index (χ2v) is 12.0. The van der Waals surface area contributed by atoms with Crippen LogP contribution in [0.25, 0.3) is 0 Å². The summed E-state index contributed by atoms with van der Waals surface area (Å²) in [6, 6.07) is 0. The number of rotatable bonds is 4. The number of ether oxygens (including phenoxy) is 2. The molecule has 8 heteroatoms. The molecule has 0 aromatic heterocycles. The molecular weight excluding hydrogens is 504 g/mol. The van der Waals surface area contributed by atoms with E-state index in [9.17, 15) is 24.0 Å². The van der Waals surface area contributed by atoms with Crippen LogP contribution in [0.4, 0.5) is 0 Å². The van der Waals surface area contributed by atoms with Gasteiger partial charge >= 0.3 is 11.9 Å². The zero-order chi connectivity index (χ0) is 25.2. The molecule has 0 aliphatic heterocycles. The lowest BCUT2D eigenvalue weighted by molar-refractivity contribution is -0.196. The van der Waals surface area contributed by atoms with Gasteiger partial charge in [0.25, 0.3) is 0 Å². The van der Waals surface area contributed by atoms with Gasteiger partial charge in [-0.05, 0) is 36.8 Å². The average Bonchev–Trinajstić information content (AvgIpc) is 2.94. The van der Waals surface area contributed by atoms with Crippen LogP contribution in [-0.4, -0.2) is 46.3 Å². The normalized spacial score (nSPS) is 42.8. The fraction of sp³-hybridized carbons (Fsp3) is 0.654. The minimum atomic E-state index is -1.57. The predicted octanol–water partition coefficient (Wildman–Crippen LogP) is 3.53. The van der Waals surface area contributed by atoms with Gasteiger partial charge in [0.1, 0.15) is 5.78 Å². The van der Waals surface area contributed by atoms with Crippen molar-refractivity contribution in [2.75, 3.05) is 6.61 Å². The van der Waals surface area contributed by atoms with Crippen LogP contribution in [-0.2, 0) is 33.4 Å². The highest BCUT2D eigenvalue weighted by Gasteiger charge is 2.73. The standard InChI is InChI=1S/C26H31BrO7/c1-13-8-18-22-19(27)10-16-9-17(30)6-7-24(16,4)23(22)20(31)11-25(18,5)26(13,34-15(3)29)21(32)12-33-14(2)28/h6-7,9,13,18-19,22-23H,8,10-12H2,1-5H3/t13-,18+,19-,22-,23+,24+,25+,26-/m1/s1. The SMILES string of the molecule is CC(=O)OCC(=O)[C@]1(OC(C)=O)[C@H](C)C[C@H]2[C@@H]3[C@H](Br)CC4=CC(=O)C=C[C@]4(C)[C@H]3C(=O)C[C@@]21C. The van der Waals surface area contributed by atoms with E-state index >= 15 is 0 Å². The third kappa shape index (κ3) is 3.39. The number of carbonyl (C=O) groups excluding carboxylic acids is 5. The summed E-state index contributed by atoms with van der Waals surface area (Å²) < 4.78 is 10.9. The molecule has 0 aromatic rings. The molecule has 0 saturated heterocycles. The first-order chi connectivity index (χ1) is 15.8. The van der Waals surface area contributed by atoms with Crippen LogP contribution in [0.5, 0.6) is 0 Å². The number of ketones is 3. The molecule has 0 amide bonds. The van der Waals surface area contributed by atoms with E-state index < -0.39 is 40.8 Å². The van der Waals surface area contributed by atoms with Crippen molar-refractivity contribution in [3.8, 4) is 0 Å². The van der Waals surface area contributed by atoms with Crippen molar-refractivity contribution in [2.45, 2.75) is 64.3 Å². The van der Waals surface area contributed by atoms with Crippen LogP contribution < -0.4 is 0 Å². The smallest absolute Gasteiger partial charge is 0.303 e. The van der Waals surface area contributed by atoms with Gasteiger partial charge in [-0.25, -0.2) is 0 Å². The maximum Gasteiger partial charge on any atom is 0.303 e. The highest BCUT2D eigenvalue weighted by Crippen LogP contribution is 2.69. The first kappa shape index (κ1) is 25.0. The number of hydrogen-bond donors (Lipinski definition) is 0. The maximum absolute atomic E-state index is 13.9. The van der Waals surface area contributed by atoms with E-state index in [1.807, 2.05) is 26.8 Å². The van der Waals surface area contributed by atoms with Crippen LogP contribution in [0.3, 0.4) is 0 Å². The summed E-state index contributed by atoms with van der Waals surface area (Å²) in [5.74, 6) is -2.71. The van der Waals surface area contributed by atoms with Crippen molar-refractivity contribution >= 4 is 45.2 Å². The third-order valence-electron chi connectivity index (χ3n) is 8.91. The first-order valence-corrected chi connectivity index (χ1v) is 12.7. The Morgan fingerprint density at radius 1 is 1.15 bits per heavy atom. The molecule has 34 heavy (non-hydrogen) atoms. The summed E-state index contributed by atoms with van der Waals surface area (Å²) in [5.41, 5.74) is -2.14.